The average Bonchev–Trinajstić information content (AvgIpc) is 2.69. The van der Waals surface area contributed by atoms with Crippen molar-refractivity contribution < 1.29 is 13.9 Å². The lowest BCUT2D eigenvalue weighted by molar-refractivity contribution is -0.161. The molecule has 0 N–H and O–H groups in total. The van der Waals surface area contributed by atoms with Gasteiger partial charge in [0.2, 0.25) is 0 Å². The second-order valence-corrected chi connectivity index (χ2v) is 12.6. The van der Waals surface area contributed by atoms with E-state index in [-0.39, 0.29) is 12.2 Å². The van der Waals surface area contributed by atoms with Gasteiger partial charge in [0, 0.05) is 15.9 Å². The fraction of sp³-hybridized carbons (Fsp3) is 0.636. The van der Waals surface area contributed by atoms with E-state index in [0.717, 1.165) is 31.0 Å². The minimum Gasteiger partial charge on any atom is -0.410 e. The molecule has 1 aromatic rings. The van der Waals surface area contributed by atoms with Crippen molar-refractivity contribution in [1.82, 2.24) is 0 Å². The highest BCUT2D eigenvalue weighted by molar-refractivity contribution is 9.12. The van der Waals surface area contributed by atoms with Gasteiger partial charge in [0.1, 0.15) is 0 Å². The van der Waals surface area contributed by atoms with Crippen LogP contribution >= 0.6 is 15.9 Å². The summed E-state index contributed by atoms with van der Waals surface area (Å²) in [5.74, 6) is 3.23. The Bertz CT molecular complexity index is 615. The molecule has 0 aliphatic carbocycles. The Morgan fingerprint density at radius 2 is 1.81 bits per heavy atom. The van der Waals surface area contributed by atoms with E-state index in [2.05, 4.69) is 66.5 Å². The molecule has 0 aromatic heterocycles. The molecule has 150 valence electrons. The zero-order chi connectivity index (χ0) is 19.8. The third kappa shape index (κ3) is 6.17. The molecule has 1 heterocycles. The molecule has 1 saturated heterocycles. The summed E-state index contributed by atoms with van der Waals surface area (Å²) in [7, 11) is -1.71. The monoisotopic (exact) mass is 452 g/mol. The van der Waals surface area contributed by atoms with E-state index in [4.69, 9.17) is 13.9 Å². The molecule has 0 amide bonds. The van der Waals surface area contributed by atoms with Crippen molar-refractivity contribution in [2.75, 3.05) is 6.61 Å². The molecule has 1 aliphatic rings. The first-order valence-electron chi connectivity index (χ1n) is 10.1. The Labute approximate surface area is 174 Å². The predicted molar refractivity (Wildman–Crippen MR) is 117 cm³/mol. The van der Waals surface area contributed by atoms with Gasteiger partial charge in [0.15, 0.2) is 13.9 Å². The highest BCUT2D eigenvalue weighted by Crippen LogP contribution is 2.36. The summed E-state index contributed by atoms with van der Waals surface area (Å²) >= 11 is 3.27. The standard InChI is InChI=1S/C22H33BrO3Si/c1-5-27(6-2,7-3)26-21-14-13-20(25-22(21,4)15-16-23)18-24-17-19-11-9-8-10-12-19/h8-12,20-21H,5-7,13-14,17-18H2,1-4H3/t20-,21-,22+/m1/s1. The quantitative estimate of drug-likeness (QED) is 0.345. The van der Waals surface area contributed by atoms with Crippen LogP contribution in [0.25, 0.3) is 0 Å². The van der Waals surface area contributed by atoms with Gasteiger partial charge in [-0.2, -0.15) is 0 Å². The summed E-state index contributed by atoms with van der Waals surface area (Å²) in [6.07, 6.45) is 1.99. The molecule has 3 atom stereocenters. The Morgan fingerprint density at radius 1 is 1.15 bits per heavy atom. The van der Waals surface area contributed by atoms with Crippen LogP contribution < -0.4 is 0 Å². The molecule has 0 spiro atoms. The van der Waals surface area contributed by atoms with Crippen molar-refractivity contribution in [3.63, 3.8) is 0 Å². The molecule has 3 nitrogen and oxygen atoms in total. The highest BCUT2D eigenvalue weighted by Gasteiger charge is 2.45. The third-order valence-corrected chi connectivity index (χ3v) is 10.7. The van der Waals surface area contributed by atoms with E-state index in [1.165, 1.54) is 5.56 Å². The molecule has 1 fully saturated rings. The summed E-state index contributed by atoms with van der Waals surface area (Å²) in [4.78, 5) is 2.88. The maximum Gasteiger partial charge on any atom is 0.192 e. The van der Waals surface area contributed by atoms with Crippen molar-refractivity contribution >= 4 is 24.2 Å². The van der Waals surface area contributed by atoms with Crippen molar-refractivity contribution in [2.45, 2.75) is 83.1 Å². The lowest BCUT2D eigenvalue weighted by atomic mass is 9.91. The van der Waals surface area contributed by atoms with Gasteiger partial charge in [-0.1, -0.05) is 57.0 Å². The Balaban J connectivity index is 1.98. The summed E-state index contributed by atoms with van der Waals surface area (Å²) in [5, 5.41) is 0. The van der Waals surface area contributed by atoms with E-state index in [1.54, 1.807) is 0 Å². The van der Waals surface area contributed by atoms with E-state index in [1.807, 2.05) is 18.2 Å². The lowest BCUT2D eigenvalue weighted by Gasteiger charge is -2.45. The van der Waals surface area contributed by atoms with Gasteiger partial charge >= 0.3 is 0 Å². The molecule has 0 saturated carbocycles. The number of rotatable bonds is 9. The summed E-state index contributed by atoms with van der Waals surface area (Å²) in [6, 6.07) is 13.7. The number of hydrogen-bond donors (Lipinski definition) is 0. The Morgan fingerprint density at radius 3 is 2.41 bits per heavy atom. The summed E-state index contributed by atoms with van der Waals surface area (Å²) < 4.78 is 19.1. The number of ether oxygens (including phenoxy) is 2. The highest BCUT2D eigenvalue weighted by atomic mass is 79.9. The average molecular weight is 453 g/mol. The molecular weight excluding hydrogens is 420 g/mol. The van der Waals surface area contributed by atoms with Crippen LogP contribution in [0.5, 0.6) is 0 Å². The topological polar surface area (TPSA) is 27.7 Å². The molecule has 0 radical (unpaired) electrons. The van der Waals surface area contributed by atoms with Crippen molar-refractivity contribution in [3.05, 3.63) is 35.9 Å². The molecule has 2 rings (SSSR count). The van der Waals surface area contributed by atoms with Gasteiger partial charge in [-0.15, -0.1) is 0 Å². The maximum atomic E-state index is 6.77. The van der Waals surface area contributed by atoms with Gasteiger partial charge in [-0.3, -0.25) is 0 Å². The minimum atomic E-state index is -1.71. The summed E-state index contributed by atoms with van der Waals surface area (Å²) in [6.45, 7) is 10.0. The van der Waals surface area contributed by atoms with E-state index in [0.29, 0.717) is 13.2 Å². The SMILES string of the molecule is CC[Si](CC)(CC)O[C@@H]1CC[C@H](COCc2ccccc2)O[C@@]1(C)C#CBr. The predicted octanol–water partition coefficient (Wildman–Crippen LogP) is 5.89. The lowest BCUT2D eigenvalue weighted by Crippen LogP contribution is -2.55. The Hall–Kier alpha value is -0.643. The fourth-order valence-electron chi connectivity index (χ4n) is 3.77. The van der Waals surface area contributed by atoms with Crippen LogP contribution in [-0.2, 0) is 20.5 Å². The maximum absolute atomic E-state index is 6.77. The zero-order valence-corrected chi connectivity index (χ0v) is 19.7. The molecule has 27 heavy (non-hydrogen) atoms. The fourth-order valence-corrected chi connectivity index (χ4v) is 7.11. The second kappa shape index (κ2) is 10.8. The molecule has 1 aromatic carbocycles. The number of benzene rings is 1. The van der Waals surface area contributed by atoms with Gasteiger partial charge < -0.3 is 13.9 Å². The first-order valence-corrected chi connectivity index (χ1v) is 13.4. The first-order chi connectivity index (χ1) is 13.0. The van der Waals surface area contributed by atoms with Gasteiger partial charge in [-0.05, 0) is 48.3 Å². The van der Waals surface area contributed by atoms with Crippen LogP contribution in [0.3, 0.4) is 0 Å². The normalized spacial score (nSPS) is 25.7. The Kier molecular flexibility index (Phi) is 9.04. The molecular formula is C22H33BrO3Si. The molecule has 1 aliphatic heterocycles. The molecule has 0 bridgehead atoms. The van der Waals surface area contributed by atoms with Gasteiger partial charge in [-0.25, -0.2) is 0 Å². The summed E-state index contributed by atoms with van der Waals surface area (Å²) in [5.41, 5.74) is 0.586. The molecule has 5 heteroatoms. The van der Waals surface area contributed by atoms with Crippen LogP contribution in [-0.4, -0.2) is 32.7 Å². The van der Waals surface area contributed by atoms with Crippen LogP contribution in [0.2, 0.25) is 18.1 Å². The van der Waals surface area contributed by atoms with Crippen molar-refractivity contribution in [3.8, 4) is 10.8 Å². The van der Waals surface area contributed by atoms with Gasteiger partial charge in [0.25, 0.3) is 0 Å². The van der Waals surface area contributed by atoms with Gasteiger partial charge in [0.05, 0.1) is 25.4 Å². The van der Waals surface area contributed by atoms with Crippen molar-refractivity contribution in [1.29, 1.82) is 0 Å². The van der Waals surface area contributed by atoms with Crippen LogP contribution in [0, 0.1) is 10.8 Å². The second-order valence-electron chi connectivity index (χ2n) is 7.49. The van der Waals surface area contributed by atoms with Crippen LogP contribution in [0.4, 0.5) is 0 Å². The van der Waals surface area contributed by atoms with Crippen LogP contribution in [0.1, 0.15) is 46.1 Å². The number of halogens is 1. The minimum absolute atomic E-state index is 0.0273. The van der Waals surface area contributed by atoms with Crippen LogP contribution in [0.15, 0.2) is 30.3 Å². The van der Waals surface area contributed by atoms with E-state index < -0.39 is 13.9 Å². The third-order valence-electron chi connectivity index (χ3n) is 5.81. The largest absolute Gasteiger partial charge is 0.410 e. The zero-order valence-electron chi connectivity index (χ0n) is 17.1. The number of hydrogen-bond acceptors (Lipinski definition) is 3. The van der Waals surface area contributed by atoms with Crippen molar-refractivity contribution in [2.24, 2.45) is 0 Å². The van der Waals surface area contributed by atoms with E-state index >= 15 is 0 Å². The molecule has 0 unspecified atom stereocenters. The smallest absolute Gasteiger partial charge is 0.192 e. The first kappa shape index (κ1) is 22.6. The van der Waals surface area contributed by atoms with E-state index in [9.17, 15) is 0 Å².